The predicted molar refractivity (Wildman–Crippen MR) is 153 cm³/mol. The third kappa shape index (κ3) is 8.75. The number of hydrogen-bond donors (Lipinski definition) is 4. The van der Waals surface area contributed by atoms with Crippen LogP contribution in [0.25, 0.3) is 0 Å². The number of benzene rings is 2. The van der Waals surface area contributed by atoms with E-state index in [4.69, 9.17) is 35.3 Å². The lowest BCUT2D eigenvalue weighted by molar-refractivity contribution is -0.145. The van der Waals surface area contributed by atoms with Crippen LogP contribution in [0.2, 0.25) is 5.02 Å². The second-order valence-corrected chi connectivity index (χ2v) is 9.13. The van der Waals surface area contributed by atoms with Crippen LogP contribution >= 0.6 is 11.6 Å². The van der Waals surface area contributed by atoms with E-state index in [0.29, 0.717) is 45.7 Å². The van der Waals surface area contributed by atoms with Gasteiger partial charge in [0, 0.05) is 16.3 Å². The van der Waals surface area contributed by atoms with Crippen LogP contribution in [0.1, 0.15) is 37.9 Å². The summed E-state index contributed by atoms with van der Waals surface area (Å²) >= 11 is 6.07. The number of carbonyl (C=O) groups is 3. The van der Waals surface area contributed by atoms with Crippen molar-refractivity contribution in [1.29, 1.82) is 0 Å². The molecule has 14 heteroatoms. The SMILES string of the molecule is CCOC(=O)COc1ccc(Cl)cc1/C=N/N[C@H](O)COc1ccc([C@H]2NC(=O)NC(C)=C2C(=O)OC)cc1OCC. The Balaban J connectivity index is 1.67. The number of halogens is 1. The maximum atomic E-state index is 12.4. The smallest absolute Gasteiger partial charge is 0.344 e. The zero-order valence-corrected chi connectivity index (χ0v) is 24.3. The maximum Gasteiger partial charge on any atom is 0.344 e. The number of rotatable bonds is 14. The van der Waals surface area contributed by atoms with Crippen molar-refractivity contribution in [1.82, 2.24) is 16.1 Å². The molecule has 0 spiro atoms. The minimum Gasteiger partial charge on any atom is -0.490 e. The second kappa shape index (κ2) is 15.5. The quantitative estimate of drug-likeness (QED) is 0.109. The van der Waals surface area contributed by atoms with Crippen LogP contribution in [0, 0.1) is 0 Å². The van der Waals surface area contributed by atoms with E-state index in [9.17, 15) is 19.5 Å². The van der Waals surface area contributed by atoms with Crippen LogP contribution in [-0.2, 0) is 19.1 Å². The summed E-state index contributed by atoms with van der Waals surface area (Å²) in [6, 6.07) is 8.44. The van der Waals surface area contributed by atoms with Gasteiger partial charge in [-0.25, -0.2) is 14.4 Å². The highest BCUT2D eigenvalue weighted by atomic mass is 35.5. The monoisotopic (exact) mass is 604 g/mol. The fraction of sp³-hybridized carbons (Fsp3) is 0.357. The highest BCUT2D eigenvalue weighted by molar-refractivity contribution is 6.30. The van der Waals surface area contributed by atoms with E-state index in [0.717, 1.165) is 0 Å². The third-order valence-corrected chi connectivity index (χ3v) is 5.96. The second-order valence-electron chi connectivity index (χ2n) is 8.69. The maximum absolute atomic E-state index is 12.4. The number of allylic oxidation sites excluding steroid dienone is 1. The van der Waals surface area contributed by atoms with Gasteiger partial charge in [-0.2, -0.15) is 5.10 Å². The fourth-order valence-corrected chi connectivity index (χ4v) is 4.09. The average Bonchev–Trinajstić information content (AvgIpc) is 2.95. The van der Waals surface area contributed by atoms with Crippen molar-refractivity contribution in [3.63, 3.8) is 0 Å². The Hall–Kier alpha value is -4.49. The molecule has 1 aliphatic heterocycles. The molecule has 13 nitrogen and oxygen atoms in total. The summed E-state index contributed by atoms with van der Waals surface area (Å²) in [6.07, 6.45) is 0.149. The summed E-state index contributed by atoms with van der Waals surface area (Å²) in [7, 11) is 1.26. The van der Waals surface area contributed by atoms with Crippen LogP contribution in [0.5, 0.6) is 17.2 Å². The molecule has 1 aliphatic rings. The van der Waals surface area contributed by atoms with E-state index in [1.54, 1.807) is 57.2 Å². The number of ether oxygens (including phenoxy) is 5. The summed E-state index contributed by atoms with van der Waals surface area (Å²) in [6.45, 7) is 5.14. The van der Waals surface area contributed by atoms with E-state index in [2.05, 4.69) is 21.2 Å². The Morgan fingerprint density at radius 2 is 1.86 bits per heavy atom. The van der Waals surface area contributed by atoms with Crippen LogP contribution < -0.4 is 30.3 Å². The lowest BCUT2D eigenvalue weighted by atomic mass is 9.95. The van der Waals surface area contributed by atoms with Gasteiger partial charge >= 0.3 is 18.0 Å². The van der Waals surface area contributed by atoms with Crippen LogP contribution in [0.4, 0.5) is 4.79 Å². The molecule has 2 aromatic rings. The van der Waals surface area contributed by atoms with Gasteiger partial charge in [0.2, 0.25) is 0 Å². The van der Waals surface area contributed by atoms with Crippen LogP contribution in [0.15, 0.2) is 52.8 Å². The molecule has 4 N–H and O–H groups in total. The van der Waals surface area contributed by atoms with Gasteiger partial charge in [0.05, 0.1) is 38.2 Å². The number of carbonyl (C=O) groups excluding carboxylic acids is 3. The molecule has 2 amide bonds. The molecule has 0 fully saturated rings. The molecule has 0 saturated carbocycles. The van der Waals surface area contributed by atoms with Gasteiger partial charge in [-0.15, -0.1) is 0 Å². The first-order chi connectivity index (χ1) is 20.2. The Morgan fingerprint density at radius 1 is 1.10 bits per heavy atom. The first kappa shape index (κ1) is 32.0. The first-order valence-corrected chi connectivity index (χ1v) is 13.3. The van der Waals surface area contributed by atoms with Crippen molar-refractivity contribution >= 4 is 35.8 Å². The number of aliphatic hydroxyl groups excluding tert-OH is 1. The zero-order valence-electron chi connectivity index (χ0n) is 23.6. The minimum atomic E-state index is -1.22. The molecule has 0 aliphatic carbocycles. The molecule has 226 valence electrons. The lowest BCUT2D eigenvalue weighted by Gasteiger charge is -2.28. The number of amides is 2. The molecular formula is C28H33ClN4O9. The number of esters is 2. The largest absolute Gasteiger partial charge is 0.490 e. The van der Waals surface area contributed by atoms with Crippen molar-refractivity contribution in [2.24, 2.45) is 5.10 Å². The Bertz CT molecular complexity index is 1350. The van der Waals surface area contributed by atoms with Gasteiger partial charge < -0.3 is 39.4 Å². The van der Waals surface area contributed by atoms with Gasteiger partial charge in [-0.1, -0.05) is 17.7 Å². The summed E-state index contributed by atoms with van der Waals surface area (Å²) in [5.41, 5.74) is 4.18. The first-order valence-electron chi connectivity index (χ1n) is 13.0. The van der Waals surface area contributed by atoms with E-state index in [-0.39, 0.29) is 25.4 Å². The van der Waals surface area contributed by atoms with Gasteiger partial charge in [-0.3, -0.25) is 5.43 Å². The lowest BCUT2D eigenvalue weighted by Crippen LogP contribution is -2.45. The summed E-state index contributed by atoms with van der Waals surface area (Å²) in [5.74, 6) is -0.112. The molecule has 1 heterocycles. The number of aliphatic hydroxyl groups is 1. The molecule has 0 aromatic heterocycles. The highest BCUT2D eigenvalue weighted by Crippen LogP contribution is 2.35. The summed E-state index contributed by atoms with van der Waals surface area (Å²) < 4.78 is 26.7. The molecule has 42 heavy (non-hydrogen) atoms. The number of nitrogens with one attached hydrogen (secondary N) is 3. The van der Waals surface area contributed by atoms with Crippen molar-refractivity contribution in [2.75, 3.05) is 33.5 Å². The van der Waals surface area contributed by atoms with Gasteiger partial charge in [0.15, 0.2) is 24.3 Å². The molecule has 0 unspecified atom stereocenters. The Morgan fingerprint density at radius 3 is 2.57 bits per heavy atom. The van der Waals surface area contributed by atoms with E-state index in [1.807, 2.05) is 0 Å². The van der Waals surface area contributed by atoms with Crippen molar-refractivity contribution in [2.45, 2.75) is 33.0 Å². The third-order valence-electron chi connectivity index (χ3n) is 5.72. The molecule has 2 aromatic carbocycles. The topological polar surface area (TPSA) is 166 Å². The van der Waals surface area contributed by atoms with Crippen molar-refractivity contribution < 1.29 is 43.2 Å². The standard InChI is InChI=1S/C28H33ClN4O9/c1-5-39-22-12-17(26-25(27(36)38-4)16(3)31-28(37)32-26)7-9-21(22)41-14-23(34)33-30-13-18-11-19(29)8-10-20(18)42-15-24(35)40-6-2/h7-13,23,26,33-34H,5-6,14-15H2,1-4H3,(H2,31,32,37)/b30-13+/t23-,26-/m1/s1. The average molecular weight is 605 g/mol. The Kier molecular flexibility index (Phi) is 11.8. The molecule has 3 rings (SSSR count). The highest BCUT2D eigenvalue weighted by Gasteiger charge is 2.32. The minimum absolute atomic E-state index is 0.213. The zero-order chi connectivity index (χ0) is 30.6. The fourth-order valence-electron chi connectivity index (χ4n) is 3.91. The number of methoxy groups -OCH3 is 1. The predicted octanol–water partition coefficient (Wildman–Crippen LogP) is 2.80. The molecule has 0 bridgehead atoms. The number of hydrazone groups is 1. The molecule has 0 radical (unpaired) electrons. The van der Waals surface area contributed by atoms with Crippen LogP contribution in [0.3, 0.4) is 0 Å². The molecular weight excluding hydrogens is 572 g/mol. The summed E-state index contributed by atoms with van der Waals surface area (Å²) in [4.78, 5) is 36.2. The number of nitrogens with zero attached hydrogens (tertiary/aromatic N) is 1. The van der Waals surface area contributed by atoms with E-state index >= 15 is 0 Å². The van der Waals surface area contributed by atoms with E-state index < -0.39 is 30.2 Å². The van der Waals surface area contributed by atoms with Gasteiger partial charge in [0.25, 0.3) is 0 Å². The van der Waals surface area contributed by atoms with E-state index in [1.165, 1.54) is 13.3 Å². The van der Waals surface area contributed by atoms with Crippen LogP contribution in [-0.4, -0.2) is 69.1 Å². The normalized spacial score (nSPS) is 15.4. The van der Waals surface area contributed by atoms with Gasteiger partial charge in [-0.05, 0) is 56.7 Å². The summed E-state index contributed by atoms with van der Waals surface area (Å²) in [5, 5.41) is 20.1. The Labute approximate surface area is 247 Å². The number of urea groups is 1. The van der Waals surface area contributed by atoms with Crippen molar-refractivity contribution in [3.05, 3.63) is 63.8 Å². The molecule has 2 atom stereocenters. The number of hydrogen-bond acceptors (Lipinski definition) is 11. The van der Waals surface area contributed by atoms with Crippen molar-refractivity contribution in [3.8, 4) is 17.2 Å². The van der Waals surface area contributed by atoms with Gasteiger partial charge in [0.1, 0.15) is 12.4 Å². The molecule has 0 saturated heterocycles.